The maximum Gasteiger partial charge on any atom is 0.573 e. The first kappa shape index (κ1) is 37.0. The van der Waals surface area contributed by atoms with Gasteiger partial charge in [-0.15, -0.1) is 13.2 Å². The van der Waals surface area contributed by atoms with Crippen molar-refractivity contribution in [3.63, 3.8) is 0 Å². The average molecular weight is 729 g/mol. The van der Waals surface area contributed by atoms with Gasteiger partial charge in [0.25, 0.3) is 0 Å². The standard InChI is InChI=1S/C32H39F3N4O8S2/c1-37-48(41,42)28-4-2-3-27(16-28)45-21-26(40)19-38-25-17-31(46-20-25)11-13-39(14-12-31)49(43,44)30-15-24(9-10-29(30)47-32(33,34)35)23-7-5-22(18-36)6-8-23/h2-10,15-16,25-26,37-38,40H,11-14,17-21,36H2,1H3/t25?,26-/m0/s1. The fraction of sp³-hybridized carbons (Fsp3) is 0.438. The van der Waals surface area contributed by atoms with Crippen LogP contribution in [-0.4, -0.2) is 90.3 Å². The molecule has 3 aromatic carbocycles. The van der Waals surface area contributed by atoms with E-state index in [1.54, 1.807) is 30.3 Å². The number of hydrogen-bond acceptors (Lipinski definition) is 10. The highest BCUT2D eigenvalue weighted by atomic mass is 32.2. The van der Waals surface area contributed by atoms with Crippen LogP contribution in [0.3, 0.4) is 0 Å². The molecule has 0 aromatic heterocycles. The van der Waals surface area contributed by atoms with E-state index in [9.17, 15) is 35.1 Å². The van der Waals surface area contributed by atoms with Crippen molar-refractivity contribution in [3.05, 3.63) is 72.3 Å². The average Bonchev–Trinajstić information content (AvgIpc) is 3.48. The van der Waals surface area contributed by atoms with Gasteiger partial charge in [0.2, 0.25) is 20.0 Å². The number of halogens is 3. The van der Waals surface area contributed by atoms with Crippen LogP contribution in [0.1, 0.15) is 24.8 Å². The van der Waals surface area contributed by atoms with Crippen LogP contribution in [0.15, 0.2) is 76.5 Å². The zero-order chi connectivity index (χ0) is 35.5. The molecule has 268 valence electrons. The second-order valence-corrected chi connectivity index (χ2v) is 15.8. The summed E-state index contributed by atoms with van der Waals surface area (Å²) in [5.41, 5.74) is 6.87. The first-order valence-corrected chi connectivity index (χ1v) is 18.5. The third kappa shape index (κ3) is 9.09. The van der Waals surface area contributed by atoms with Gasteiger partial charge in [-0.25, -0.2) is 21.6 Å². The van der Waals surface area contributed by atoms with Crippen molar-refractivity contribution in [2.75, 3.05) is 39.9 Å². The van der Waals surface area contributed by atoms with Crippen molar-refractivity contribution in [1.29, 1.82) is 0 Å². The van der Waals surface area contributed by atoms with E-state index in [0.29, 0.717) is 43.5 Å². The van der Waals surface area contributed by atoms with Gasteiger partial charge in [0.05, 0.1) is 17.1 Å². The Labute approximate surface area is 283 Å². The summed E-state index contributed by atoms with van der Waals surface area (Å²) in [7, 11) is -6.74. The summed E-state index contributed by atoms with van der Waals surface area (Å²) in [4.78, 5) is -0.551. The van der Waals surface area contributed by atoms with Crippen molar-refractivity contribution < 1.29 is 49.3 Å². The van der Waals surface area contributed by atoms with Crippen LogP contribution in [0.2, 0.25) is 0 Å². The van der Waals surface area contributed by atoms with Crippen LogP contribution in [0.5, 0.6) is 11.5 Å². The number of nitrogens with zero attached hydrogens (tertiary/aromatic N) is 1. The molecular formula is C32H39F3N4O8S2. The molecule has 12 nitrogen and oxygen atoms in total. The predicted octanol–water partition coefficient (Wildman–Crippen LogP) is 2.96. The lowest BCUT2D eigenvalue weighted by atomic mass is 9.88. The number of aliphatic hydroxyl groups is 1. The second-order valence-electron chi connectivity index (χ2n) is 12.0. The first-order chi connectivity index (χ1) is 23.1. The Morgan fingerprint density at radius 3 is 2.39 bits per heavy atom. The van der Waals surface area contributed by atoms with Crippen LogP contribution in [0.25, 0.3) is 11.1 Å². The largest absolute Gasteiger partial charge is 0.573 e. The predicted molar refractivity (Wildman–Crippen MR) is 174 cm³/mol. The molecule has 2 atom stereocenters. The van der Waals surface area contributed by atoms with Gasteiger partial charge in [-0.1, -0.05) is 36.4 Å². The van der Waals surface area contributed by atoms with Gasteiger partial charge in [0.1, 0.15) is 29.1 Å². The van der Waals surface area contributed by atoms with E-state index in [2.05, 4.69) is 14.8 Å². The van der Waals surface area contributed by atoms with E-state index in [4.69, 9.17) is 15.2 Å². The van der Waals surface area contributed by atoms with Gasteiger partial charge < -0.3 is 30.4 Å². The van der Waals surface area contributed by atoms with E-state index < -0.39 is 48.8 Å². The van der Waals surface area contributed by atoms with Crippen LogP contribution >= 0.6 is 0 Å². The molecule has 0 bridgehead atoms. The number of benzene rings is 3. The van der Waals surface area contributed by atoms with E-state index in [-0.39, 0.29) is 42.9 Å². The number of piperidine rings is 1. The Hall–Kier alpha value is -3.29. The minimum atomic E-state index is -5.10. The molecule has 2 aliphatic heterocycles. The van der Waals surface area contributed by atoms with Crippen LogP contribution in [0.4, 0.5) is 13.2 Å². The molecule has 1 spiro atoms. The molecule has 49 heavy (non-hydrogen) atoms. The molecule has 0 radical (unpaired) electrons. The number of nitrogens with two attached hydrogens (primary N) is 1. The third-order valence-electron chi connectivity index (χ3n) is 8.62. The number of ether oxygens (including phenoxy) is 3. The summed E-state index contributed by atoms with van der Waals surface area (Å²) in [6.07, 6.45) is -4.85. The second kappa shape index (κ2) is 14.9. The van der Waals surface area contributed by atoms with Crippen molar-refractivity contribution in [1.82, 2.24) is 14.3 Å². The van der Waals surface area contributed by atoms with Crippen LogP contribution < -0.4 is 25.2 Å². The maximum absolute atomic E-state index is 13.8. The molecule has 5 N–H and O–H groups in total. The Kier molecular flexibility index (Phi) is 11.2. The summed E-state index contributed by atoms with van der Waals surface area (Å²) in [5, 5.41) is 13.7. The first-order valence-electron chi connectivity index (χ1n) is 15.5. The van der Waals surface area contributed by atoms with Crippen molar-refractivity contribution >= 4 is 20.0 Å². The summed E-state index contributed by atoms with van der Waals surface area (Å²) >= 11 is 0. The summed E-state index contributed by atoms with van der Waals surface area (Å²) in [6, 6.07) is 16.3. The van der Waals surface area contributed by atoms with Crippen molar-refractivity contribution in [3.8, 4) is 22.6 Å². The number of alkyl halides is 3. The van der Waals surface area contributed by atoms with Gasteiger partial charge in [-0.3, -0.25) is 0 Å². The molecule has 0 aliphatic carbocycles. The van der Waals surface area contributed by atoms with E-state index >= 15 is 0 Å². The number of hydrogen-bond donors (Lipinski definition) is 4. The number of rotatable bonds is 13. The lowest BCUT2D eigenvalue weighted by Crippen LogP contribution is -2.47. The molecule has 17 heteroatoms. The fourth-order valence-electron chi connectivity index (χ4n) is 5.93. The van der Waals surface area contributed by atoms with Gasteiger partial charge in [0.15, 0.2) is 0 Å². The third-order valence-corrected chi connectivity index (χ3v) is 12.0. The smallest absolute Gasteiger partial charge is 0.491 e. The number of nitrogens with one attached hydrogen (secondary N) is 2. The van der Waals surface area contributed by atoms with Gasteiger partial charge in [-0.05, 0) is 67.3 Å². The minimum absolute atomic E-state index is 0.0226. The highest BCUT2D eigenvalue weighted by Gasteiger charge is 2.45. The summed E-state index contributed by atoms with van der Waals surface area (Å²) in [5.74, 6) is -0.528. The minimum Gasteiger partial charge on any atom is -0.491 e. The zero-order valence-corrected chi connectivity index (χ0v) is 28.3. The molecule has 0 saturated carbocycles. The molecule has 3 aromatic rings. The molecular weight excluding hydrogens is 690 g/mol. The normalized spacial score (nSPS) is 19.2. The molecule has 2 fully saturated rings. The fourth-order valence-corrected chi connectivity index (χ4v) is 8.28. The monoisotopic (exact) mass is 728 g/mol. The lowest BCUT2D eigenvalue weighted by Gasteiger charge is -2.38. The Morgan fingerprint density at radius 2 is 1.73 bits per heavy atom. The van der Waals surface area contributed by atoms with Gasteiger partial charge >= 0.3 is 6.36 Å². The Bertz CT molecular complexity index is 1820. The Morgan fingerprint density at radius 1 is 1.04 bits per heavy atom. The summed E-state index contributed by atoms with van der Waals surface area (Å²) in [6.45, 7) is 0.729. The highest BCUT2D eigenvalue weighted by Crippen LogP contribution is 2.40. The molecule has 2 saturated heterocycles. The lowest BCUT2D eigenvalue weighted by molar-refractivity contribution is -0.275. The number of sulfonamides is 2. The van der Waals surface area contributed by atoms with Gasteiger partial charge in [-0.2, -0.15) is 4.31 Å². The topological polar surface area (TPSA) is 170 Å². The van der Waals surface area contributed by atoms with Gasteiger partial charge in [0, 0.05) is 38.3 Å². The maximum atomic E-state index is 13.8. The van der Waals surface area contributed by atoms with Crippen LogP contribution in [0, 0.1) is 0 Å². The molecule has 1 unspecified atom stereocenters. The molecule has 5 rings (SSSR count). The number of aliphatic hydroxyl groups excluding tert-OH is 1. The zero-order valence-electron chi connectivity index (χ0n) is 26.6. The van der Waals surface area contributed by atoms with Crippen molar-refractivity contribution in [2.24, 2.45) is 5.73 Å². The SMILES string of the molecule is CNS(=O)(=O)c1cccc(OC[C@@H](O)CNC2COC3(CCN(S(=O)(=O)c4cc(-c5ccc(CN)cc5)ccc4OC(F)(F)F)CC3)C2)c1. The molecule has 0 amide bonds. The van der Waals surface area contributed by atoms with E-state index in [1.165, 1.54) is 37.4 Å². The van der Waals surface area contributed by atoms with E-state index in [1.807, 2.05) is 0 Å². The summed E-state index contributed by atoms with van der Waals surface area (Å²) < 4.78 is 111. The van der Waals surface area contributed by atoms with E-state index in [0.717, 1.165) is 15.9 Å². The van der Waals surface area contributed by atoms with Crippen LogP contribution in [-0.2, 0) is 31.3 Å². The highest BCUT2D eigenvalue weighted by molar-refractivity contribution is 7.89. The quantitative estimate of drug-likeness (QED) is 0.205. The van der Waals surface area contributed by atoms with Crippen molar-refractivity contribution in [2.45, 2.75) is 59.7 Å². The molecule has 2 aliphatic rings. The Balaban J connectivity index is 1.18. The molecule has 2 heterocycles.